The number of ether oxygens (including phenoxy) is 3. The van der Waals surface area contributed by atoms with Crippen molar-refractivity contribution in [1.82, 2.24) is 0 Å². The summed E-state index contributed by atoms with van der Waals surface area (Å²) < 4.78 is 17.9. The van der Waals surface area contributed by atoms with E-state index in [4.69, 9.17) is 14.2 Å². The van der Waals surface area contributed by atoms with Crippen molar-refractivity contribution < 1.29 is 24.1 Å². The molecule has 43 heavy (non-hydrogen) atoms. The molecule has 6 aromatic rings. The first-order valence-electron chi connectivity index (χ1n) is 13.9. The topological polar surface area (TPSA) is 65.0 Å². The Hall–Kier alpha value is -5.07. The van der Waals surface area contributed by atoms with E-state index < -0.39 is 12.6 Å². The van der Waals surface area contributed by atoms with Gasteiger partial charge in [0.25, 0.3) is 0 Å². The molecule has 0 amide bonds. The standard InChI is InChI=1S/C37H30O5S/c1-40-32-19-17-28(22-33(32)41-2)30-21-27(16-18-31(30)42-23-36(38)39)25-12-14-26(15-13-25)37-29-10-6-7-11-34(29)43-35(37)20-24-8-4-3-5-9-24/h3-19,21-22H,20,23H2,1-2H3,(H,38,39). The number of hydrogen-bond acceptors (Lipinski definition) is 5. The van der Waals surface area contributed by atoms with Gasteiger partial charge < -0.3 is 19.3 Å². The molecule has 0 atom stereocenters. The van der Waals surface area contributed by atoms with Gasteiger partial charge in [0.1, 0.15) is 5.75 Å². The molecule has 214 valence electrons. The highest BCUT2D eigenvalue weighted by Gasteiger charge is 2.16. The average Bonchev–Trinajstić information content (AvgIpc) is 3.41. The first-order chi connectivity index (χ1) is 21.0. The molecule has 0 radical (unpaired) electrons. The van der Waals surface area contributed by atoms with Gasteiger partial charge in [0.15, 0.2) is 18.1 Å². The smallest absolute Gasteiger partial charge is 0.341 e. The molecule has 0 saturated carbocycles. The van der Waals surface area contributed by atoms with Crippen molar-refractivity contribution in [3.63, 3.8) is 0 Å². The molecular formula is C37H30O5S. The number of carboxylic acid groups (broad SMARTS) is 1. The van der Waals surface area contributed by atoms with Crippen molar-refractivity contribution in [3.8, 4) is 50.6 Å². The molecule has 0 unspecified atom stereocenters. The van der Waals surface area contributed by atoms with E-state index in [0.29, 0.717) is 17.2 Å². The number of rotatable bonds is 10. The molecule has 5 aromatic carbocycles. The second-order valence-corrected chi connectivity index (χ2v) is 11.2. The monoisotopic (exact) mass is 586 g/mol. The lowest BCUT2D eigenvalue weighted by molar-refractivity contribution is -0.139. The van der Waals surface area contributed by atoms with Gasteiger partial charge in [-0.05, 0) is 58.1 Å². The summed E-state index contributed by atoms with van der Waals surface area (Å²) in [6.45, 7) is -0.436. The predicted octanol–water partition coefficient (Wildman–Crippen LogP) is 8.97. The van der Waals surface area contributed by atoms with Crippen LogP contribution in [0.15, 0.2) is 115 Å². The lowest BCUT2D eigenvalue weighted by Gasteiger charge is -2.15. The number of carbonyl (C=O) groups is 1. The Labute approximate surface area is 254 Å². The number of hydrogen-bond donors (Lipinski definition) is 1. The number of benzene rings is 5. The fourth-order valence-electron chi connectivity index (χ4n) is 5.35. The summed E-state index contributed by atoms with van der Waals surface area (Å²) >= 11 is 1.85. The summed E-state index contributed by atoms with van der Waals surface area (Å²) in [4.78, 5) is 12.6. The van der Waals surface area contributed by atoms with Crippen LogP contribution in [0.2, 0.25) is 0 Å². The van der Waals surface area contributed by atoms with E-state index in [-0.39, 0.29) is 0 Å². The maximum Gasteiger partial charge on any atom is 0.341 e. The molecule has 0 spiro atoms. The Morgan fingerprint density at radius 2 is 1.33 bits per heavy atom. The third-order valence-electron chi connectivity index (χ3n) is 7.41. The Balaban J connectivity index is 1.39. The zero-order valence-electron chi connectivity index (χ0n) is 23.9. The van der Waals surface area contributed by atoms with Crippen molar-refractivity contribution >= 4 is 27.4 Å². The highest BCUT2D eigenvalue weighted by atomic mass is 32.1. The van der Waals surface area contributed by atoms with E-state index >= 15 is 0 Å². The minimum Gasteiger partial charge on any atom is -0.493 e. The fourth-order valence-corrected chi connectivity index (χ4v) is 6.61. The van der Waals surface area contributed by atoms with E-state index in [2.05, 4.69) is 78.9 Å². The van der Waals surface area contributed by atoms with Gasteiger partial charge >= 0.3 is 5.97 Å². The summed E-state index contributed by atoms with van der Waals surface area (Å²) in [6, 6.07) is 39.2. The lowest BCUT2D eigenvalue weighted by Crippen LogP contribution is -2.10. The van der Waals surface area contributed by atoms with E-state index in [0.717, 1.165) is 28.7 Å². The minimum absolute atomic E-state index is 0.436. The molecule has 0 bridgehead atoms. The van der Waals surface area contributed by atoms with Gasteiger partial charge in [0.05, 0.1) is 14.2 Å². The van der Waals surface area contributed by atoms with Crippen molar-refractivity contribution in [2.45, 2.75) is 6.42 Å². The van der Waals surface area contributed by atoms with Crippen molar-refractivity contribution in [2.24, 2.45) is 0 Å². The molecule has 0 aliphatic heterocycles. The molecule has 5 nitrogen and oxygen atoms in total. The molecule has 0 saturated heterocycles. The lowest BCUT2D eigenvalue weighted by atomic mass is 9.95. The van der Waals surface area contributed by atoms with Crippen LogP contribution in [-0.4, -0.2) is 31.9 Å². The van der Waals surface area contributed by atoms with Gasteiger partial charge in [-0.25, -0.2) is 4.79 Å². The van der Waals surface area contributed by atoms with Crippen LogP contribution in [0.25, 0.3) is 43.5 Å². The summed E-state index contributed by atoms with van der Waals surface area (Å²) in [5, 5.41) is 10.5. The first kappa shape index (κ1) is 28.1. The Morgan fingerprint density at radius 1 is 0.674 bits per heavy atom. The third kappa shape index (κ3) is 5.96. The summed E-state index contributed by atoms with van der Waals surface area (Å²) in [6.07, 6.45) is 0.879. The predicted molar refractivity (Wildman–Crippen MR) is 174 cm³/mol. The minimum atomic E-state index is -1.04. The number of carboxylic acids is 1. The molecule has 6 rings (SSSR count). The van der Waals surface area contributed by atoms with E-state index in [1.54, 1.807) is 14.2 Å². The number of aliphatic carboxylic acids is 1. The van der Waals surface area contributed by atoms with Crippen molar-refractivity contribution in [2.75, 3.05) is 20.8 Å². The molecule has 0 aliphatic carbocycles. The largest absolute Gasteiger partial charge is 0.493 e. The molecule has 6 heteroatoms. The van der Waals surface area contributed by atoms with Crippen LogP contribution in [0.4, 0.5) is 0 Å². The first-order valence-corrected chi connectivity index (χ1v) is 14.7. The van der Waals surface area contributed by atoms with E-state index in [1.165, 1.54) is 31.7 Å². The summed E-state index contributed by atoms with van der Waals surface area (Å²) in [5.74, 6) is 0.627. The average molecular weight is 587 g/mol. The SMILES string of the molecule is COc1ccc(-c2cc(-c3ccc(-c4c(Cc5ccccc5)sc5ccccc45)cc3)ccc2OCC(=O)O)cc1OC. The Bertz CT molecular complexity index is 1890. The molecule has 0 fully saturated rings. The van der Waals surface area contributed by atoms with Crippen LogP contribution in [0.1, 0.15) is 10.4 Å². The third-order valence-corrected chi connectivity index (χ3v) is 8.58. The molecule has 0 aliphatic rings. The van der Waals surface area contributed by atoms with Crippen LogP contribution < -0.4 is 14.2 Å². The van der Waals surface area contributed by atoms with E-state index in [9.17, 15) is 9.90 Å². The molecule has 1 N–H and O–H groups in total. The Morgan fingerprint density at radius 3 is 2.07 bits per heavy atom. The van der Waals surface area contributed by atoms with Crippen LogP contribution >= 0.6 is 11.3 Å². The molecule has 1 aromatic heterocycles. The van der Waals surface area contributed by atoms with E-state index in [1.807, 2.05) is 47.7 Å². The van der Waals surface area contributed by atoms with Crippen molar-refractivity contribution in [3.05, 3.63) is 126 Å². The van der Waals surface area contributed by atoms with Gasteiger partial charge in [-0.2, -0.15) is 0 Å². The van der Waals surface area contributed by atoms with Gasteiger partial charge in [0.2, 0.25) is 0 Å². The van der Waals surface area contributed by atoms with Gasteiger partial charge in [-0.15, -0.1) is 11.3 Å². The number of thiophene rings is 1. The van der Waals surface area contributed by atoms with Crippen LogP contribution in [-0.2, 0) is 11.2 Å². The normalized spacial score (nSPS) is 10.9. The van der Waals surface area contributed by atoms with Crippen LogP contribution in [0.5, 0.6) is 17.2 Å². The maximum absolute atomic E-state index is 11.3. The summed E-state index contributed by atoms with van der Waals surface area (Å²) in [7, 11) is 3.18. The number of methoxy groups -OCH3 is 2. The van der Waals surface area contributed by atoms with Gasteiger partial charge in [0, 0.05) is 32.5 Å². The van der Waals surface area contributed by atoms with Crippen LogP contribution in [0, 0.1) is 0 Å². The second-order valence-electron chi connectivity index (χ2n) is 10.1. The fraction of sp³-hybridized carbons (Fsp3) is 0.108. The number of fused-ring (bicyclic) bond motifs is 1. The van der Waals surface area contributed by atoms with Crippen LogP contribution in [0.3, 0.4) is 0 Å². The van der Waals surface area contributed by atoms with Crippen molar-refractivity contribution in [1.29, 1.82) is 0 Å². The maximum atomic E-state index is 11.3. The van der Waals surface area contributed by atoms with Gasteiger partial charge in [-0.3, -0.25) is 0 Å². The Kier molecular flexibility index (Phi) is 8.11. The highest BCUT2D eigenvalue weighted by molar-refractivity contribution is 7.19. The molecular weight excluding hydrogens is 556 g/mol. The quantitative estimate of drug-likeness (QED) is 0.174. The second kappa shape index (κ2) is 12.4. The zero-order chi connectivity index (χ0) is 29.8. The summed E-state index contributed by atoms with van der Waals surface area (Å²) in [5.41, 5.74) is 7.36. The highest BCUT2D eigenvalue weighted by Crippen LogP contribution is 2.42. The zero-order valence-corrected chi connectivity index (χ0v) is 24.7. The van der Waals surface area contributed by atoms with Gasteiger partial charge in [-0.1, -0.05) is 84.9 Å². The molecule has 1 heterocycles.